The minimum atomic E-state index is -0.640. The van der Waals surface area contributed by atoms with E-state index in [1.54, 1.807) is 36.1 Å². The number of likely N-dealkylation sites (N-methyl/N-ethyl adjacent to an activating group) is 1. The Kier molecular flexibility index (Phi) is 5.67. The van der Waals surface area contributed by atoms with E-state index in [2.05, 4.69) is 10.1 Å². The van der Waals surface area contributed by atoms with E-state index in [4.69, 9.17) is 4.74 Å². The first-order chi connectivity index (χ1) is 13.3. The smallest absolute Gasteiger partial charge is 0.340 e. The molecule has 0 aliphatic heterocycles. The van der Waals surface area contributed by atoms with Crippen molar-refractivity contribution in [1.82, 2.24) is 19.7 Å². The molecule has 0 saturated carbocycles. The summed E-state index contributed by atoms with van der Waals surface area (Å²) in [6.45, 7) is 3.79. The highest BCUT2D eigenvalue weighted by atomic mass is 19.1. The van der Waals surface area contributed by atoms with Crippen molar-refractivity contribution >= 4 is 22.9 Å². The molecule has 2 aromatic heterocycles. The van der Waals surface area contributed by atoms with E-state index >= 15 is 0 Å². The molecule has 0 fully saturated rings. The fraction of sp³-hybridized carbons (Fsp3) is 0.300. The number of rotatable bonds is 6. The maximum atomic E-state index is 13.2. The summed E-state index contributed by atoms with van der Waals surface area (Å²) < 4.78 is 20.1. The Hall–Kier alpha value is -3.29. The lowest BCUT2D eigenvalue weighted by molar-refractivity contribution is -0.133. The van der Waals surface area contributed by atoms with Crippen LogP contribution in [-0.2, 0) is 16.1 Å². The number of esters is 1. The molecule has 3 rings (SSSR count). The minimum Gasteiger partial charge on any atom is -0.452 e. The fourth-order valence-electron chi connectivity index (χ4n) is 2.75. The molecule has 0 aliphatic carbocycles. The highest BCUT2D eigenvalue weighted by Crippen LogP contribution is 2.17. The lowest BCUT2D eigenvalue weighted by atomic mass is 10.2. The monoisotopic (exact) mass is 384 g/mol. The van der Waals surface area contributed by atoms with Crippen LogP contribution in [0.5, 0.6) is 0 Å². The van der Waals surface area contributed by atoms with Crippen LogP contribution in [-0.4, -0.2) is 45.2 Å². The lowest BCUT2D eigenvalue weighted by Crippen LogP contribution is -2.30. The van der Waals surface area contributed by atoms with Gasteiger partial charge in [0.1, 0.15) is 5.82 Å². The van der Waals surface area contributed by atoms with Gasteiger partial charge in [-0.2, -0.15) is 5.10 Å². The molecule has 0 radical (unpaired) electrons. The summed E-state index contributed by atoms with van der Waals surface area (Å²) in [5, 5.41) is 4.97. The summed E-state index contributed by atoms with van der Waals surface area (Å²) in [5.41, 5.74) is 1.58. The molecule has 0 spiro atoms. The maximum Gasteiger partial charge on any atom is 0.340 e. The van der Waals surface area contributed by atoms with Gasteiger partial charge in [0.25, 0.3) is 5.91 Å². The number of fused-ring (bicyclic) bond motifs is 1. The number of halogens is 1. The molecular formula is C20H21FN4O3. The second-order valence-corrected chi connectivity index (χ2v) is 6.78. The molecule has 7 nitrogen and oxygen atoms in total. The Morgan fingerprint density at radius 1 is 1.25 bits per heavy atom. The molecule has 0 N–H and O–H groups in total. The summed E-state index contributed by atoms with van der Waals surface area (Å²) in [4.78, 5) is 30.1. The molecule has 0 aliphatic rings. The Morgan fingerprint density at radius 2 is 2.04 bits per heavy atom. The molecular weight excluding hydrogens is 363 g/mol. The summed E-state index contributed by atoms with van der Waals surface area (Å²) in [5.74, 6) is -1.40. The molecule has 3 aromatic rings. The predicted octanol–water partition coefficient (Wildman–Crippen LogP) is 2.97. The highest BCUT2D eigenvalue weighted by Gasteiger charge is 2.16. The largest absolute Gasteiger partial charge is 0.452 e. The predicted molar refractivity (Wildman–Crippen MR) is 101 cm³/mol. The van der Waals surface area contributed by atoms with Gasteiger partial charge in [0.15, 0.2) is 12.3 Å². The highest BCUT2D eigenvalue weighted by molar-refractivity contribution is 5.94. The Labute approximate surface area is 161 Å². The van der Waals surface area contributed by atoms with Crippen LogP contribution in [0.1, 0.15) is 35.8 Å². The number of amides is 1. The number of pyridine rings is 1. The van der Waals surface area contributed by atoms with E-state index in [0.717, 1.165) is 5.39 Å². The van der Waals surface area contributed by atoms with Gasteiger partial charge in [0, 0.05) is 31.2 Å². The zero-order valence-corrected chi connectivity index (χ0v) is 15.9. The van der Waals surface area contributed by atoms with Crippen molar-refractivity contribution in [3.05, 3.63) is 59.7 Å². The number of aromatic nitrogens is 3. The van der Waals surface area contributed by atoms with E-state index in [9.17, 15) is 14.0 Å². The van der Waals surface area contributed by atoms with Gasteiger partial charge in [0.05, 0.1) is 11.8 Å². The van der Waals surface area contributed by atoms with Gasteiger partial charge in [-0.05, 0) is 37.6 Å². The molecule has 2 heterocycles. The number of hydrogen-bond acceptors (Lipinski definition) is 5. The molecule has 8 heteroatoms. The van der Waals surface area contributed by atoms with Gasteiger partial charge >= 0.3 is 5.97 Å². The Balaban J connectivity index is 1.60. The summed E-state index contributed by atoms with van der Waals surface area (Å²) in [6.07, 6.45) is 3.04. The van der Waals surface area contributed by atoms with Gasteiger partial charge < -0.3 is 9.64 Å². The maximum absolute atomic E-state index is 13.2. The molecule has 0 saturated heterocycles. The van der Waals surface area contributed by atoms with E-state index < -0.39 is 12.6 Å². The SMILES string of the molecule is CC(C)n1ncc2cc(C(=O)OCC(=O)N(C)Cc3cccc(F)c3)cnc21. The van der Waals surface area contributed by atoms with Crippen LogP contribution < -0.4 is 0 Å². The molecule has 1 aromatic carbocycles. The molecule has 146 valence electrons. The Bertz CT molecular complexity index is 1020. The van der Waals surface area contributed by atoms with Crippen LogP contribution in [0, 0.1) is 5.82 Å². The second-order valence-electron chi connectivity index (χ2n) is 6.78. The molecule has 1 amide bonds. The van der Waals surface area contributed by atoms with Crippen molar-refractivity contribution < 1.29 is 18.7 Å². The molecule has 0 atom stereocenters. The van der Waals surface area contributed by atoms with E-state index in [1.807, 2.05) is 13.8 Å². The Morgan fingerprint density at radius 3 is 2.75 bits per heavy atom. The van der Waals surface area contributed by atoms with E-state index in [0.29, 0.717) is 11.2 Å². The van der Waals surface area contributed by atoms with E-state index in [1.165, 1.54) is 23.2 Å². The van der Waals surface area contributed by atoms with Crippen LogP contribution in [0.25, 0.3) is 11.0 Å². The molecule has 0 unspecified atom stereocenters. The van der Waals surface area contributed by atoms with Crippen LogP contribution in [0.3, 0.4) is 0 Å². The van der Waals surface area contributed by atoms with Gasteiger partial charge in [-0.3, -0.25) is 4.79 Å². The third-order valence-corrected chi connectivity index (χ3v) is 4.22. The fourth-order valence-corrected chi connectivity index (χ4v) is 2.75. The van der Waals surface area contributed by atoms with Crippen molar-refractivity contribution in [1.29, 1.82) is 0 Å². The number of nitrogens with zero attached hydrogens (tertiary/aromatic N) is 4. The molecule has 0 bridgehead atoms. The van der Waals surface area contributed by atoms with Crippen molar-refractivity contribution in [2.45, 2.75) is 26.4 Å². The van der Waals surface area contributed by atoms with Crippen molar-refractivity contribution in [2.75, 3.05) is 13.7 Å². The lowest BCUT2D eigenvalue weighted by Gasteiger charge is -2.17. The normalized spacial score (nSPS) is 11.0. The third kappa shape index (κ3) is 4.33. The van der Waals surface area contributed by atoms with Crippen molar-refractivity contribution in [2.24, 2.45) is 0 Å². The van der Waals surface area contributed by atoms with Gasteiger partial charge in [0.2, 0.25) is 0 Å². The average molecular weight is 384 g/mol. The van der Waals surface area contributed by atoms with Crippen molar-refractivity contribution in [3.63, 3.8) is 0 Å². The minimum absolute atomic E-state index is 0.147. The number of hydrogen-bond donors (Lipinski definition) is 0. The quantitative estimate of drug-likeness (QED) is 0.611. The zero-order valence-electron chi connectivity index (χ0n) is 15.9. The summed E-state index contributed by atoms with van der Waals surface area (Å²) in [7, 11) is 1.56. The van der Waals surface area contributed by atoms with Gasteiger partial charge in [-0.25, -0.2) is 18.9 Å². The first-order valence-electron chi connectivity index (χ1n) is 8.84. The average Bonchev–Trinajstić information content (AvgIpc) is 3.09. The first-order valence-corrected chi connectivity index (χ1v) is 8.84. The second kappa shape index (κ2) is 8.16. The topological polar surface area (TPSA) is 77.3 Å². The van der Waals surface area contributed by atoms with Gasteiger partial charge in [-0.1, -0.05) is 12.1 Å². The number of carbonyl (C=O) groups excluding carboxylic acids is 2. The van der Waals surface area contributed by atoms with E-state index in [-0.39, 0.29) is 29.9 Å². The summed E-state index contributed by atoms with van der Waals surface area (Å²) >= 11 is 0. The van der Waals surface area contributed by atoms with Crippen LogP contribution in [0.2, 0.25) is 0 Å². The van der Waals surface area contributed by atoms with Gasteiger partial charge in [-0.15, -0.1) is 0 Å². The molecule has 28 heavy (non-hydrogen) atoms. The van der Waals surface area contributed by atoms with Crippen LogP contribution >= 0.6 is 0 Å². The van der Waals surface area contributed by atoms with Crippen LogP contribution in [0.4, 0.5) is 4.39 Å². The zero-order chi connectivity index (χ0) is 20.3. The number of benzene rings is 1. The first kappa shape index (κ1) is 19.5. The number of carbonyl (C=O) groups is 2. The van der Waals surface area contributed by atoms with Crippen LogP contribution in [0.15, 0.2) is 42.7 Å². The number of ether oxygens (including phenoxy) is 1. The third-order valence-electron chi connectivity index (χ3n) is 4.22. The summed E-state index contributed by atoms with van der Waals surface area (Å²) in [6, 6.07) is 7.77. The van der Waals surface area contributed by atoms with Crippen molar-refractivity contribution in [3.8, 4) is 0 Å². The standard InChI is InChI=1S/C20H21FN4O3/c1-13(2)25-19-15(10-23-25)8-16(9-22-19)20(27)28-12-18(26)24(3)11-14-5-4-6-17(21)7-14/h4-10,13H,11-12H2,1-3H3.